The van der Waals surface area contributed by atoms with E-state index in [4.69, 9.17) is 11.6 Å². The monoisotopic (exact) mass is 332 g/mol. The number of hydrogen-bond acceptors (Lipinski definition) is 3. The van der Waals surface area contributed by atoms with E-state index >= 15 is 0 Å². The zero-order chi connectivity index (χ0) is 12.3. The van der Waals surface area contributed by atoms with Crippen molar-refractivity contribution in [3.63, 3.8) is 0 Å². The smallest absolute Gasteiger partial charge is 0.161 e. The van der Waals surface area contributed by atoms with Gasteiger partial charge in [0.15, 0.2) is 5.17 Å². The summed E-state index contributed by atoms with van der Waals surface area (Å²) in [5, 5.41) is 5.00. The first-order valence-electron chi connectivity index (χ1n) is 5.61. The van der Waals surface area contributed by atoms with E-state index in [0.717, 1.165) is 32.5 Å². The normalized spacial score (nSPS) is 19.9. The van der Waals surface area contributed by atoms with Crippen LogP contribution in [0.4, 0.5) is 5.69 Å². The summed E-state index contributed by atoms with van der Waals surface area (Å²) in [6.45, 7) is 2.17. The standard InChI is InChI=1S/C12H14BrClN2S/c1-2-9-5-6-17-12(15-9)16-11-7-8(13)3-4-10(11)14/h3-4,7,9H,2,5-6H2,1H3,(H,15,16). The molecule has 0 saturated heterocycles. The minimum absolute atomic E-state index is 0.449. The Morgan fingerprint density at radius 1 is 1.59 bits per heavy atom. The molecule has 0 amide bonds. The SMILES string of the molecule is CCC1CCSC(Nc2cc(Br)ccc2Cl)=N1. The Labute approximate surface area is 119 Å². The number of halogens is 2. The Morgan fingerprint density at radius 3 is 3.18 bits per heavy atom. The summed E-state index contributed by atoms with van der Waals surface area (Å²) in [5.41, 5.74) is 0.907. The van der Waals surface area contributed by atoms with Gasteiger partial charge < -0.3 is 5.32 Å². The Kier molecular flexibility index (Phi) is 4.77. The summed E-state index contributed by atoms with van der Waals surface area (Å²) < 4.78 is 1.01. The second-order valence-electron chi connectivity index (χ2n) is 3.88. The van der Waals surface area contributed by atoms with Crippen LogP contribution in [0.1, 0.15) is 19.8 Å². The highest BCUT2D eigenvalue weighted by molar-refractivity contribution is 9.10. The lowest BCUT2D eigenvalue weighted by molar-refractivity contribution is 0.634. The molecule has 2 nitrogen and oxygen atoms in total. The first kappa shape index (κ1) is 13.2. The van der Waals surface area contributed by atoms with Crippen LogP contribution in [-0.4, -0.2) is 17.0 Å². The maximum Gasteiger partial charge on any atom is 0.161 e. The Hall–Kier alpha value is -0.190. The summed E-state index contributed by atoms with van der Waals surface area (Å²) >= 11 is 11.3. The minimum Gasteiger partial charge on any atom is -0.334 e. The van der Waals surface area contributed by atoms with Crippen LogP contribution in [0.5, 0.6) is 0 Å². The van der Waals surface area contributed by atoms with E-state index in [1.165, 1.54) is 6.42 Å². The molecule has 92 valence electrons. The Morgan fingerprint density at radius 2 is 2.41 bits per heavy atom. The quantitative estimate of drug-likeness (QED) is 0.842. The number of thioether (sulfide) groups is 1. The number of rotatable bonds is 2. The average molecular weight is 334 g/mol. The average Bonchev–Trinajstić information content (AvgIpc) is 2.34. The third-order valence-electron chi connectivity index (χ3n) is 2.63. The molecule has 0 bridgehead atoms. The maximum absolute atomic E-state index is 6.14. The van der Waals surface area contributed by atoms with Gasteiger partial charge in [0.05, 0.1) is 16.8 Å². The van der Waals surface area contributed by atoms with Gasteiger partial charge in [0.1, 0.15) is 0 Å². The fraction of sp³-hybridized carbons (Fsp3) is 0.417. The zero-order valence-electron chi connectivity index (χ0n) is 9.54. The molecule has 1 heterocycles. The van der Waals surface area contributed by atoms with Crippen LogP contribution in [0.3, 0.4) is 0 Å². The number of nitrogens with one attached hydrogen (secondary N) is 1. The van der Waals surface area contributed by atoms with Crippen molar-refractivity contribution in [3.8, 4) is 0 Å². The third kappa shape index (κ3) is 3.63. The van der Waals surface area contributed by atoms with Crippen molar-refractivity contribution < 1.29 is 0 Å². The fourth-order valence-corrected chi connectivity index (χ4v) is 3.15. The van der Waals surface area contributed by atoms with Gasteiger partial charge in [-0.1, -0.05) is 46.2 Å². The van der Waals surface area contributed by atoms with Crippen molar-refractivity contribution in [2.75, 3.05) is 11.1 Å². The number of anilines is 1. The van der Waals surface area contributed by atoms with E-state index in [9.17, 15) is 0 Å². The first-order valence-corrected chi connectivity index (χ1v) is 7.77. The molecule has 1 aromatic carbocycles. The number of hydrogen-bond donors (Lipinski definition) is 1. The summed E-state index contributed by atoms with van der Waals surface area (Å²) in [5.74, 6) is 1.12. The lowest BCUT2D eigenvalue weighted by Crippen LogP contribution is -2.19. The van der Waals surface area contributed by atoms with E-state index in [2.05, 4.69) is 33.2 Å². The van der Waals surface area contributed by atoms with Gasteiger partial charge in [-0.2, -0.15) is 0 Å². The van der Waals surface area contributed by atoms with Gasteiger partial charge in [0.25, 0.3) is 0 Å². The van der Waals surface area contributed by atoms with Crippen LogP contribution in [0.15, 0.2) is 27.7 Å². The Balaban J connectivity index is 2.15. The van der Waals surface area contributed by atoms with Crippen molar-refractivity contribution in [1.82, 2.24) is 0 Å². The van der Waals surface area contributed by atoms with Gasteiger partial charge in [-0.25, -0.2) is 0 Å². The third-order valence-corrected chi connectivity index (χ3v) is 4.37. The molecule has 0 aromatic heterocycles. The highest BCUT2D eigenvalue weighted by Crippen LogP contribution is 2.28. The molecule has 1 unspecified atom stereocenters. The molecule has 17 heavy (non-hydrogen) atoms. The van der Waals surface area contributed by atoms with Crippen LogP contribution >= 0.6 is 39.3 Å². The minimum atomic E-state index is 0.449. The van der Waals surface area contributed by atoms with Crippen molar-refractivity contribution >= 4 is 50.1 Å². The van der Waals surface area contributed by atoms with Crippen LogP contribution in [0.2, 0.25) is 5.02 Å². The molecule has 1 atom stereocenters. The summed E-state index contributed by atoms with van der Waals surface area (Å²) in [6.07, 6.45) is 2.26. The summed E-state index contributed by atoms with van der Waals surface area (Å²) in [7, 11) is 0. The molecular formula is C12H14BrClN2S. The van der Waals surface area contributed by atoms with Crippen LogP contribution in [0.25, 0.3) is 0 Å². The zero-order valence-corrected chi connectivity index (χ0v) is 12.7. The second-order valence-corrected chi connectivity index (χ2v) is 6.29. The van der Waals surface area contributed by atoms with Crippen LogP contribution in [0, 0.1) is 0 Å². The number of nitrogens with zero attached hydrogens (tertiary/aromatic N) is 1. The Bertz CT molecular complexity index is 437. The molecule has 0 saturated carbocycles. The van der Waals surface area contributed by atoms with Gasteiger partial charge in [-0.15, -0.1) is 0 Å². The van der Waals surface area contributed by atoms with Gasteiger partial charge in [-0.05, 0) is 31.0 Å². The molecule has 0 fully saturated rings. The van der Waals surface area contributed by atoms with Crippen molar-refractivity contribution in [2.45, 2.75) is 25.8 Å². The topological polar surface area (TPSA) is 24.4 Å². The molecule has 0 aliphatic carbocycles. The van der Waals surface area contributed by atoms with Gasteiger partial charge in [0, 0.05) is 10.2 Å². The van der Waals surface area contributed by atoms with Crippen molar-refractivity contribution in [2.24, 2.45) is 4.99 Å². The van der Waals surface area contributed by atoms with Gasteiger partial charge in [-0.3, -0.25) is 4.99 Å². The van der Waals surface area contributed by atoms with Crippen LogP contribution < -0.4 is 5.32 Å². The molecule has 1 aliphatic heterocycles. The highest BCUT2D eigenvalue weighted by atomic mass is 79.9. The molecule has 2 rings (SSSR count). The molecule has 1 N–H and O–H groups in total. The predicted octanol–water partition coefficient (Wildman–Crippen LogP) is 4.79. The number of benzene rings is 1. The summed E-state index contributed by atoms with van der Waals surface area (Å²) in [4.78, 5) is 4.66. The molecule has 5 heteroatoms. The molecule has 0 spiro atoms. The second kappa shape index (κ2) is 6.12. The van der Waals surface area contributed by atoms with Crippen molar-refractivity contribution in [3.05, 3.63) is 27.7 Å². The predicted molar refractivity (Wildman–Crippen MR) is 81.4 cm³/mol. The molecule has 1 aliphatic rings. The molecular weight excluding hydrogens is 320 g/mol. The first-order chi connectivity index (χ1) is 8.19. The fourth-order valence-electron chi connectivity index (χ4n) is 1.63. The largest absolute Gasteiger partial charge is 0.334 e. The van der Waals surface area contributed by atoms with E-state index in [0.29, 0.717) is 6.04 Å². The lowest BCUT2D eigenvalue weighted by atomic mass is 10.2. The number of aliphatic imine (C=N–C) groups is 1. The molecule has 0 radical (unpaired) electrons. The van der Waals surface area contributed by atoms with E-state index in [-0.39, 0.29) is 0 Å². The van der Waals surface area contributed by atoms with Gasteiger partial charge in [0.2, 0.25) is 0 Å². The molecule has 1 aromatic rings. The van der Waals surface area contributed by atoms with E-state index in [1.54, 1.807) is 11.8 Å². The van der Waals surface area contributed by atoms with E-state index < -0.39 is 0 Å². The van der Waals surface area contributed by atoms with Crippen LogP contribution in [-0.2, 0) is 0 Å². The van der Waals surface area contributed by atoms with Crippen molar-refractivity contribution in [1.29, 1.82) is 0 Å². The lowest BCUT2D eigenvalue weighted by Gasteiger charge is -2.20. The van der Waals surface area contributed by atoms with E-state index in [1.807, 2.05) is 18.2 Å². The maximum atomic E-state index is 6.14. The number of amidine groups is 1. The summed E-state index contributed by atoms with van der Waals surface area (Å²) in [6, 6.07) is 6.23. The van der Waals surface area contributed by atoms with Gasteiger partial charge >= 0.3 is 0 Å². The highest BCUT2D eigenvalue weighted by Gasteiger charge is 2.14.